The van der Waals surface area contributed by atoms with Crippen LogP contribution in [0.25, 0.3) is 0 Å². The molecule has 0 radical (unpaired) electrons. The van der Waals surface area contributed by atoms with E-state index in [9.17, 15) is 9.59 Å². The molecule has 0 bridgehead atoms. The predicted molar refractivity (Wildman–Crippen MR) is 100 cm³/mol. The van der Waals surface area contributed by atoms with Crippen LogP contribution in [0.5, 0.6) is 0 Å². The van der Waals surface area contributed by atoms with Gasteiger partial charge < -0.3 is 10.2 Å². The van der Waals surface area contributed by atoms with Gasteiger partial charge >= 0.3 is 0 Å². The van der Waals surface area contributed by atoms with Crippen molar-refractivity contribution in [3.63, 3.8) is 0 Å². The summed E-state index contributed by atoms with van der Waals surface area (Å²) in [6.45, 7) is 3.22. The van der Waals surface area contributed by atoms with Crippen LogP contribution >= 0.6 is 11.6 Å². The second kappa shape index (κ2) is 7.70. The van der Waals surface area contributed by atoms with Gasteiger partial charge in [-0.25, -0.2) is 0 Å². The number of halogens is 1. The summed E-state index contributed by atoms with van der Waals surface area (Å²) >= 11 is 6.08. The van der Waals surface area contributed by atoms with Crippen molar-refractivity contribution in [1.29, 1.82) is 0 Å². The topological polar surface area (TPSA) is 49.4 Å². The van der Waals surface area contributed by atoms with Gasteiger partial charge in [0.25, 0.3) is 5.91 Å². The molecule has 0 spiro atoms. The Morgan fingerprint density at radius 3 is 2.80 bits per heavy atom. The van der Waals surface area contributed by atoms with Crippen LogP contribution in [-0.4, -0.2) is 24.9 Å². The molecular weight excluding hydrogens is 336 g/mol. The fourth-order valence-corrected chi connectivity index (χ4v) is 3.27. The molecule has 25 heavy (non-hydrogen) atoms. The Balaban J connectivity index is 1.70. The highest BCUT2D eigenvalue weighted by Gasteiger charge is 2.26. The zero-order valence-electron chi connectivity index (χ0n) is 14.2. The number of carbonyl (C=O) groups is 2. The van der Waals surface area contributed by atoms with Gasteiger partial charge in [-0.1, -0.05) is 41.4 Å². The van der Waals surface area contributed by atoms with Gasteiger partial charge in [0.1, 0.15) is 0 Å². The molecule has 3 rings (SSSR count). The number of hydrogen-bond donors (Lipinski definition) is 1. The smallest absolute Gasteiger partial charge is 0.253 e. The first-order valence-corrected chi connectivity index (χ1v) is 8.86. The van der Waals surface area contributed by atoms with Gasteiger partial charge in [-0.3, -0.25) is 9.59 Å². The lowest BCUT2D eigenvalue weighted by atomic mass is 10.1. The monoisotopic (exact) mass is 356 g/mol. The number of nitrogens with one attached hydrogen (secondary N) is 1. The molecule has 1 aliphatic rings. The normalized spacial score (nSPS) is 14.0. The van der Waals surface area contributed by atoms with E-state index in [0.717, 1.165) is 12.8 Å². The molecule has 1 fully saturated rings. The van der Waals surface area contributed by atoms with Gasteiger partial charge in [0.05, 0.1) is 11.3 Å². The lowest BCUT2D eigenvalue weighted by Crippen LogP contribution is -2.30. The predicted octanol–water partition coefficient (Wildman–Crippen LogP) is 3.75. The maximum atomic E-state index is 12.6. The number of benzene rings is 2. The molecule has 1 aliphatic heterocycles. The van der Waals surface area contributed by atoms with Crippen molar-refractivity contribution in [3.05, 3.63) is 64.2 Å². The lowest BCUT2D eigenvalue weighted by Gasteiger charge is -2.19. The molecule has 0 atom stereocenters. The van der Waals surface area contributed by atoms with Gasteiger partial charge in [0, 0.05) is 24.5 Å². The average Bonchev–Trinajstić information content (AvgIpc) is 3.00. The number of aryl methyl sites for hydroxylation is 1. The Morgan fingerprint density at radius 2 is 2.08 bits per heavy atom. The van der Waals surface area contributed by atoms with E-state index in [1.807, 2.05) is 6.07 Å². The van der Waals surface area contributed by atoms with E-state index >= 15 is 0 Å². The first kappa shape index (κ1) is 17.5. The van der Waals surface area contributed by atoms with E-state index in [4.69, 9.17) is 11.6 Å². The molecule has 5 heteroatoms. The van der Waals surface area contributed by atoms with Crippen molar-refractivity contribution >= 4 is 29.1 Å². The van der Waals surface area contributed by atoms with Crippen LogP contribution in [0.4, 0.5) is 5.69 Å². The van der Waals surface area contributed by atoms with Gasteiger partial charge in [-0.15, -0.1) is 0 Å². The average molecular weight is 357 g/mol. The zero-order valence-corrected chi connectivity index (χ0v) is 15.0. The minimum absolute atomic E-state index is 0.0380. The molecular formula is C20H21ClN2O2. The maximum Gasteiger partial charge on any atom is 0.253 e. The molecule has 1 saturated heterocycles. The minimum atomic E-state index is -0.181. The fraction of sp³-hybridized carbons (Fsp3) is 0.300. The molecule has 4 nitrogen and oxygen atoms in total. The summed E-state index contributed by atoms with van der Waals surface area (Å²) in [7, 11) is 0. The molecule has 130 valence electrons. The highest BCUT2D eigenvalue weighted by Crippen LogP contribution is 2.28. The van der Waals surface area contributed by atoms with Crippen molar-refractivity contribution < 1.29 is 9.59 Å². The van der Waals surface area contributed by atoms with Crippen molar-refractivity contribution in [2.24, 2.45) is 0 Å². The Morgan fingerprint density at radius 1 is 1.24 bits per heavy atom. The third-order valence-corrected chi connectivity index (χ3v) is 4.59. The Hall–Kier alpha value is -2.33. The first-order valence-electron chi connectivity index (χ1n) is 8.48. The second-order valence-electron chi connectivity index (χ2n) is 6.31. The summed E-state index contributed by atoms with van der Waals surface area (Å²) < 4.78 is 0. The molecule has 2 aromatic carbocycles. The Labute approximate surface area is 152 Å². The third kappa shape index (κ3) is 4.20. The van der Waals surface area contributed by atoms with Crippen LogP contribution < -0.4 is 10.2 Å². The van der Waals surface area contributed by atoms with Crippen molar-refractivity contribution in [2.75, 3.05) is 18.0 Å². The number of carbonyl (C=O) groups excluding carboxylic acids is 2. The minimum Gasteiger partial charge on any atom is -0.352 e. The van der Waals surface area contributed by atoms with Crippen LogP contribution in [0.1, 0.15) is 34.3 Å². The van der Waals surface area contributed by atoms with E-state index in [1.165, 1.54) is 11.1 Å². The molecule has 0 aliphatic carbocycles. The van der Waals surface area contributed by atoms with Gasteiger partial charge in [-0.2, -0.15) is 0 Å². The molecule has 1 N–H and O–H groups in total. The number of anilines is 1. The number of amides is 2. The summed E-state index contributed by atoms with van der Waals surface area (Å²) in [4.78, 5) is 26.3. The zero-order chi connectivity index (χ0) is 17.8. The van der Waals surface area contributed by atoms with Crippen LogP contribution in [0, 0.1) is 6.92 Å². The van der Waals surface area contributed by atoms with Gasteiger partial charge in [-0.05, 0) is 43.5 Å². The standard InChI is InChI=1S/C20H21ClN2O2/c1-14-4-2-5-15(12-14)9-10-22-20(25)17-8-7-16(21)13-18(17)23-11-3-6-19(23)24/h2,4-5,7-8,12-13H,3,6,9-11H2,1H3,(H,22,25). The SMILES string of the molecule is Cc1cccc(CCNC(=O)c2ccc(Cl)cc2N2CCCC2=O)c1. The maximum absolute atomic E-state index is 12.6. The number of hydrogen-bond acceptors (Lipinski definition) is 2. The van der Waals surface area contributed by atoms with Crippen molar-refractivity contribution in [2.45, 2.75) is 26.2 Å². The molecule has 2 amide bonds. The summed E-state index contributed by atoms with van der Waals surface area (Å²) in [5.74, 6) is -0.143. The van der Waals surface area contributed by atoms with E-state index < -0.39 is 0 Å². The van der Waals surface area contributed by atoms with E-state index in [1.54, 1.807) is 23.1 Å². The Kier molecular flexibility index (Phi) is 5.39. The van der Waals surface area contributed by atoms with E-state index in [0.29, 0.717) is 35.8 Å². The summed E-state index contributed by atoms with van der Waals surface area (Å²) in [6.07, 6.45) is 2.08. The van der Waals surface area contributed by atoms with Crippen LogP contribution in [-0.2, 0) is 11.2 Å². The third-order valence-electron chi connectivity index (χ3n) is 4.35. The van der Waals surface area contributed by atoms with Crippen molar-refractivity contribution in [1.82, 2.24) is 5.32 Å². The van der Waals surface area contributed by atoms with Crippen LogP contribution in [0.3, 0.4) is 0 Å². The molecule has 0 unspecified atom stereocenters. The number of rotatable bonds is 5. The molecule has 0 saturated carbocycles. The highest BCUT2D eigenvalue weighted by molar-refractivity contribution is 6.31. The largest absolute Gasteiger partial charge is 0.352 e. The molecule has 2 aromatic rings. The van der Waals surface area contributed by atoms with Gasteiger partial charge in [0.2, 0.25) is 5.91 Å². The van der Waals surface area contributed by atoms with Gasteiger partial charge in [0.15, 0.2) is 0 Å². The second-order valence-corrected chi connectivity index (χ2v) is 6.74. The van der Waals surface area contributed by atoms with Crippen LogP contribution in [0.15, 0.2) is 42.5 Å². The quantitative estimate of drug-likeness (QED) is 0.887. The lowest BCUT2D eigenvalue weighted by molar-refractivity contribution is -0.117. The Bertz CT molecular complexity index is 804. The van der Waals surface area contributed by atoms with Crippen molar-refractivity contribution in [3.8, 4) is 0 Å². The van der Waals surface area contributed by atoms with Crippen LogP contribution in [0.2, 0.25) is 5.02 Å². The summed E-state index contributed by atoms with van der Waals surface area (Å²) in [5, 5.41) is 3.46. The molecule has 0 aromatic heterocycles. The molecule has 1 heterocycles. The summed E-state index contributed by atoms with van der Waals surface area (Å²) in [5.41, 5.74) is 3.48. The summed E-state index contributed by atoms with van der Waals surface area (Å²) in [6, 6.07) is 13.3. The fourth-order valence-electron chi connectivity index (χ4n) is 3.11. The number of nitrogens with zero attached hydrogens (tertiary/aromatic N) is 1. The highest BCUT2D eigenvalue weighted by atomic mass is 35.5. The van der Waals surface area contributed by atoms with E-state index in [-0.39, 0.29) is 11.8 Å². The first-order chi connectivity index (χ1) is 12.0. The van der Waals surface area contributed by atoms with E-state index in [2.05, 4.69) is 30.4 Å².